The summed E-state index contributed by atoms with van der Waals surface area (Å²) in [5, 5.41) is 23.3. The second-order valence-electron chi connectivity index (χ2n) is 3.78. The summed E-state index contributed by atoms with van der Waals surface area (Å²) in [5.74, 6) is -0.335. The maximum Gasteiger partial charge on any atom is 0.322 e. The van der Waals surface area contributed by atoms with Gasteiger partial charge in [0.1, 0.15) is 12.6 Å². The van der Waals surface area contributed by atoms with Crippen LogP contribution in [0.1, 0.15) is 5.56 Å². The van der Waals surface area contributed by atoms with Crippen LogP contribution in [0.3, 0.4) is 0 Å². The van der Waals surface area contributed by atoms with Gasteiger partial charge in [-0.2, -0.15) is 5.26 Å². The quantitative estimate of drug-likeness (QED) is 0.755. The van der Waals surface area contributed by atoms with E-state index >= 15 is 0 Å². The molecule has 7 heteroatoms. The van der Waals surface area contributed by atoms with Crippen molar-refractivity contribution in [1.82, 2.24) is 9.97 Å². The lowest BCUT2D eigenvalue weighted by Gasteiger charge is -2.11. The number of benzene rings is 1. The van der Waals surface area contributed by atoms with E-state index in [2.05, 4.69) is 26.7 Å². The molecule has 0 saturated heterocycles. The van der Waals surface area contributed by atoms with Crippen molar-refractivity contribution in [2.75, 3.05) is 17.2 Å². The third-order valence-corrected chi connectivity index (χ3v) is 2.41. The Morgan fingerprint density at radius 2 is 1.95 bits per heavy atom. The summed E-state index contributed by atoms with van der Waals surface area (Å²) in [6.07, 6.45) is 2.93. The minimum absolute atomic E-state index is 0.271. The third kappa shape index (κ3) is 3.20. The number of hydrogen-bond donors (Lipinski definition) is 3. The third-order valence-electron chi connectivity index (χ3n) is 2.41. The number of aliphatic carboxylic acids is 1. The van der Waals surface area contributed by atoms with E-state index in [-0.39, 0.29) is 6.54 Å². The van der Waals surface area contributed by atoms with Crippen molar-refractivity contribution in [3.63, 3.8) is 0 Å². The fraction of sp³-hybridized carbons (Fsp3) is 0.0769. The van der Waals surface area contributed by atoms with Crippen LogP contribution in [0.25, 0.3) is 0 Å². The van der Waals surface area contributed by atoms with Crippen LogP contribution in [0.4, 0.5) is 17.3 Å². The molecule has 0 aliphatic carbocycles. The standard InChI is InChI=1S/C13H11N5O2/c14-7-9-3-1-2-4-10(9)18-13-12(15-5-6-16-13)17-8-11(19)20/h1-6H,8H2,(H,15,17)(H,16,18)(H,19,20). The number of anilines is 3. The Bertz CT molecular complexity index is 666. The summed E-state index contributed by atoms with van der Waals surface area (Å²) in [7, 11) is 0. The van der Waals surface area contributed by atoms with Crippen LogP contribution in [-0.2, 0) is 4.79 Å². The van der Waals surface area contributed by atoms with E-state index in [0.717, 1.165) is 0 Å². The first-order valence-corrected chi connectivity index (χ1v) is 5.73. The number of aromatic nitrogens is 2. The van der Waals surface area contributed by atoms with Crippen molar-refractivity contribution >= 4 is 23.3 Å². The van der Waals surface area contributed by atoms with Crippen LogP contribution in [0, 0.1) is 11.3 Å². The Morgan fingerprint density at radius 1 is 1.25 bits per heavy atom. The molecule has 0 radical (unpaired) electrons. The van der Waals surface area contributed by atoms with Crippen LogP contribution in [-0.4, -0.2) is 27.6 Å². The van der Waals surface area contributed by atoms with Gasteiger partial charge in [0.05, 0.1) is 11.3 Å². The lowest BCUT2D eigenvalue weighted by atomic mass is 10.2. The van der Waals surface area contributed by atoms with Crippen LogP contribution < -0.4 is 10.6 Å². The van der Waals surface area contributed by atoms with Crippen molar-refractivity contribution < 1.29 is 9.90 Å². The monoisotopic (exact) mass is 269 g/mol. The second kappa shape index (κ2) is 6.15. The van der Waals surface area contributed by atoms with Gasteiger partial charge in [-0.15, -0.1) is 0 Å². The fourth-order valence-electron chi connectivity index (χ4n) is 1.54. The molecule has 0 bridgehead atoms. The molecule has 0 atom stereocenters. The molecule has 1 aromatic carbocycles. The van der Waals surface area contributed by atoms with Crippen LogP contribution in [0.5, 0.6) is 0 Å². The van der Waals surface area contributed by atoms with E-state index in [9.17, 15) is 4.79 Å². The van der Waals surface area contributed by atoms with E-state index < -0.39 is 5.97 Å². The first-order chi connectivity index (χ1) is 9.70. The van der Waals surface area contributed by atoms with Crippen LogP contribution in [0.2, 0.25) is 0 Å². The van der Waals surface area contributed by atoms with Gasteiger partial charge in [0, 0.05) is 12.4 Å². The normalized spacial score (nSPS) is 9.55. The van der Waals surface area contributed by atoms with E-state index in [0.29, 0.717) is 22.9 Å². The van der Waals surface area contributed by atoms with Crippen molar-refractivity contribution in [1.29, 1.82) is 5.26 Å². The van der Waals surface area contributed by atoms with Gasteiger partial charge >= 0.3 is 5.97 Å². The zero-order valence-corrected chi connectivity index (χ0v) is 10.4. The van der Waals surface area contributed by atoms with Gasteiger partial charge in [-0.1, -0.05) is 12.1 Å². The van der Waals surface area contributed by atoms with Gasteiger partial charge in [-0.25, -0.2) is 9.97 Å². The fourth-order valence-corrected chi connectivity index (χ4v) is 1.54. The number of carboxylic acid groups (broad SMARTS) is 1. The maximum atomic E-state index is 10.6. The number of rotatable bonds is 5. The van der Waals surface area contributed by atoms with Gasteiger partial charge in [0.25, 0.3) is 0 Å². The molecule has 0 unspecified atom stereocenters. The highest BCUT2D eigenvalue weighted by molar-refractivity contribution is 5.76. The Kier molecular flexibility index (Phi) is 4.09. The van der Waals surface area contributed by atoms with Crippen molar-refractivity contribution in [3.05, 3.63) is 42.2 Å². The minimum atomic E-state index is -1.00. The van der Waals surface area contributed by atoms with E-state index in [1.807, 2.05) is 0 Å². The molecule has 20 heavy (non-hydrogen) atoms. The van der Waals surface area contributed by atoms with Crippen molar-refractivity contribution in [2.24, 2.45) is 0 Å². The Hall–Kier alpha value is -3.14. The number of nitrogens with one attached hydrogen (secondary N) is 2. The molecule has 0 amide bonds. The number of para-hydroxylation sites is 1. The number of hydrogen-bond acceptors (Lipinski definition) is 6. The molecular weight excluding hydrogens is 258 g/mol. The molecule has 0 aliphatic rings. The summed E-state index contributed by atoms with van der Waals surface area (Å²) in [6.45, 7) is -0.271. The lowest BCUT2D eigenvalue weighted by molar-refractivity contribution is -0.134. The number of carbonyl (C=O) groups is 1. The average Bonchev–Trinajstić information content (AvgIpc) is 2.47. The SMILES string of the molecule is N#Cc1ccccc1Nc1nccnc1NCC(=O)O. The zero-order chi connectivity index (χ0) is 14.4. The molecular formula is C13H11N5O2. The second-order valence-corrected chi connectivity index (χ2v) is 3.78. The Morgan fingerprint density at radius 3 is 2.65 bits per heavy atom. The zero-order valence-electron chi connectivity index (χ0n) is 10.4. The van der Waals surface area contributed by atoms with Gasteiger partial charge < -0.3 is 15.7 Å². The summed E-state index contributed by atoms with van der Waals surface area (Å²) in [6, 6.07) is 9.00. The molecule has 1 aromatic heterocycles. The molecule has 100 valence electrons. The minimum Gasteiger partial charge on any atom is -0.480 e. The summed E-state index contributed by atoms with van der Waals surface area (Å²) >= 11 is 0. The Balaban J connectivity index is 2.25. The summed E-state index contributed by atoms with van der Waals surface area (Å²) < 4.78 is 0. The van der Waals surface area contributed by atoms with E-state index in [1.54, 1.807) is 24.3 Å². The highest BCUT2D eigenvalue weighted by Gasteiger charge is 2.08. The number of carboxylic acids is 1. The molecule has 0 fully saturated rings. The van der Waals surface area contributed by atoms with Gasteiger partial charge in [-0.05, 0) is 12.1 Å². The van der Waals surface area contributed by atoms with Gasteiger partial charge in [-0.3, -0.25) is 4.79 Å². The first kappa shape index (κ1) is 13.3. The molecule has 0 spiro atoms. The molecule has 3 N–H and O–H groups in total. The van der Waals surface area contributed by atoms with Gasteiger partial charge in [0.2, 0.25) is 0 Å². The van der Waals surface area contributed by atoms with Gasteiger partial charge in [0.15, 0.2) is 11.6 Å². The molecule has 2 rings (SSSR count). The largest absolute Gasteiger partial charge is 0.480 e. The molecule has 0 saturated carbocycles. The first-order valence-electron chi connectivity index (χ1n) is 5.73. The predicted octanol–water partition coefficient (Wildman–Crippen LogP) is 1.59. The van der Waals surface area contributed by atoms with Crippen molar-refractivity contribution in [3.8, 4) is 6.07 Å². The highest BCUT2D eigenvalue weighted by atomic mass is 16.4. The molecule has 1 heterocycles. The maximum absolute atomic E-state index is 10.6. The summed E-state index contributed by atoms with van der Waals surface area (Å²) in [4.78, 5) is 18.7. The number of nitriles is 1. The highest BCUT2D eigenvalue weighted by Crippen LogP contribution is 2.22. The molecule has 0 aliphatic heterocycles. The Labute approximate surface area is 114 Å². The molecule has 7 nitrogen and oxygen atoms in total. The van der Waals surface area contributed by atoms with Crippen LogP contribution >= 0.6 is 0 Å². The molecule has 2 aromatic rings. The average molecular weight is 269 g/mol. The topological polar surface area (TPSA) is 111 Å². The summed E-state index contributed by atoms with van der Waals surface area (Å²) in [5.41, 5.74) is 1.04. The number of nitrogens with zero attached hydrogens (tertiary/aromatic N) is 3. The smallest absolute Gasteiger partial charge is 0.322 e. The predicted molar refractivity (Wildman–Crippen MR) is 72.6 cm³/mol. The van der Waals surface area contributed by atoms with Crippen LogP contribution in [0.15, 0.2) is 36.7 Å². The van der Waals surface area contributed by atoms with E-state index in [1.165, 1.54) is 12.4 Å². The lowest BCUT2D eigenvalue weighted by Crippen LogP contribution is -2.14. The van der Waals surface area contributed by atoms with E-state index in [4.69, 9.17) is 10.4 Å². The van der Waals surface area contributed by atoms with Crippen molar-refractivity contribution in [2.45, 2.75) is 0 Å².